The lowest BCUT2D eigenvalue weighted by atomic mass is 10.2. The van der Waals surface area contributed by atoms with E-state index in [0.29, 0.717) is 5.02 Å². The van der Waals surface area contributed by atoms with Gasteiger partial charge in [0.05, 0.1) is 17.0 Å². The summed E-state index contributed by atoms with van der Waals surface area (Å²) in [4.78, 5) is 14.3. The van der Waals surface area contributed by atoms with Crippen LogP contribution in [0.3, 0.4) is 0 Å². The molecule has 0 aliphatic heterocycles. The van der Waals surface area contributed by atoms with Crippen molar-refractivity contribution in [1.29, 1.82) is 0 Å². The first-order chi connectivity index (χ1) is 8.16. The third kappa shape index (κ3) is 2.73. The highest BCUT2D eigenvalue weighted by Gasteiger charge is 2.02. The second-order valence-corrected chi connectivity index (χ2v) is 3.76. The van der Waals surface area contributed by atoms with Crippen LogP contribution in [0.25, 0.3) is 11.8 Å². The van der Waals surface area contributed by atoms with Crippen LogP contribution in [0.1, 0.15) is 5.56 Å². The molecule has 1 aromatic heterocycles. The molecule has 86 valence electrons. The van der Waals surface area contributed by atoms with Crippen molar-refractivity contribution >= 4 is 23.6 Å². The molecule has 0 spiro atoms. The summed E-state index contributed by atoms with van der Waals surface area (Å²) >= 11 is 6.11. The Morgan fingerprint density at radius 1 is 1.47 bits per heavy atom. The molecule has 17 heavy (non-hydrogen) atoms. The fraction of sp³-hybridized carbons (Fsp3) is 0. The van der Waals surface area contributed by atoms with Gasteiger partial charge in [-0.15, -0.1) is 0 Å². The predicted molar refractivity (Wildman–Crippen MR) is 65.2 cm³/mol. The van der Waals surface area contributed by atoms with Crippen LogP contribution in [-0.4, -0.2) is 20.6 Å². The summed E-state index contributed by atoms with van der Waals surface area (Å²) in [5.41, 5.74) is 1.54. The highest BCUT2D eigenvalue weighted by atomic mass is 35.5. The number of hydrogen-bond donors (Lipinski definition) is 1. The maximum absolute atomic E-state index is 10.4. The Kier molecular flexibility index (Phi) is 3.25. The second-order valence-electron chi connectivity index (χ2n) is 3.35. The van der Waals surface area contributed by atoms with Crippen LogP contribution in [-0.2, 0) is 4.79 Å². The number of carbonyl (C=O) groups is 1. The number of rotatable bonds is 3. The maximum Gasteiger partial charge on any atom is 0.328 e. The lowest BCUT2D eigenvalue weighted by Crippen LogP contribution is -1.91. The van der Waals surface area contributed by atoms with E-state index >= 15 is 0 Å². The first kappa shape index (κ1) is 11.4. The average molecular weight is 249 g/mol. The molecule has 2 aromatic rings. The van der Waals surface area contributed by atoms with Crippen molar-refractivity contribution < 1.29 is 9.90 Å². The number of carboxylic acid groups (broad SMARTS) is 1. The molecule has 0 aliphatic rings. The predicted octanol–water partition coefficient (Wildman–Crippen LogP) is 2.62. The zero-order valence-electron chi connectivity index (χ0n) is 8.75. The average Bonchev–Trinajstić information content (AvgIpc) is 2.79. The van der Waals surface area contributed by atoms with Crippen molar-refractivity contribution in [3.05, 3.63) is 53.6 Å². The summed E-state index contributed by atoms with van der Waals surface area (Å²) in [7, 11) is 0. The van der Waals surface area contributed by atoms with Crippen LogP contribution < -0.4 is 0 Å². The van der Waals surface area contributed by atoms with Crippen molar-refractivity contribution in [3.63, 3.8) is 0 Å². The molecule has 2 rings (SSSR count). The van der Waals surface area contributed by atoms with E-state index in [-0.39, 0.29) is 0 Å². The van der Waals surface area contributed by atoms with E-state index < -0.39 is 5.97 Å². The Balaban J connectivity index is 2.32. The normalized spacial score (nSPS) is 10.9. The molecule has 0 saturated heterocycles. The topological polar surface area (TPSA) is 55.1 Å². The zero-order valence-corrected chi connectivity index (χ0v) is 9.50. The lowest BCUT2D eigenvalue weighted by molar-refractivity contribution is -0.131. The molecular weight excluding hydrogens is 240 g/mol. The van der Waals surface area contributed by atoms with Crippen LogP contribution in [0.2, 0.25) is 5.02 Å². The third-order valence-corrected chi connectivity index (χ3v) is 2.48. The Labute approximate surface area is 103 Å². The van der Waals surface area contributed by atoms with Gasteiger partial charge in [-0.3, -0.25) is 0 Å². The number of aromatic nitrogens is 2. The van der Waals surface area contributed by atoms with Crippen molar-refractivity contribution in [2.24, 2.45) is 0 Å². The molecule has 0 fully saturated rings. The van der Waals surface area contributed by atoms with Gasteiger partial charge in [0.25, 0.3) is 0 Å². The molecule has 0 amide bonds. The summed E-state index contributed by atoms with van der Waals surface area (Å²) < 4.78 is 1.78. The smallest absolute Gasteiger partial charge is 0.328 e. The van der Waals surface area contributed by atoms with Gasteiger partial charge < -0.3 is 9.67 Å². The van der Waals surface area contributed by atoms with Crippen LogP contribution in [0.4, 0.5) is 0 Å². The van der Waals surface area contributed by atoms with E-state index in [9.17, 15) is 4.79 Å². The lowest BCUT2D eigenvalue weighted by Gasteiger charge is -2.05. The number of aliphatic carboxylic acids is 1. The molecule has 1 heterocycles. The molecule has 0 radical (unpaired) electrons. The minimum Gasteiger partial charge on any atom is -0.478 e. The van der Waals surface area contributed by atoms with E-state index in [0.717, 1.165) is 17.3 Å². The summed E-state index contributed by atoms with van der Waals surface area (Å²) in [6, 6.07) is 5.31. The number of imidazole rings is 1. The van der Waals surface area contributed by atoms with Gasteiger partial charge in [0.15, 0.2) is 0 Å². The van der Waals surface area contributed by atoms with Crippen LogP contribution in [0, 0.1) is 0 Å². The molecule has 0 aliphatic carbocycles. The van der Waals surface area contributed by atoms with Gasteiger partial charge in [-0.05, 0) is 23.8 Å². The van der Waals surface area contributed by atoms with Crippen molar-refractivity contribution in [2.75, 3.05) is 0 Å². The molecule has 0 bridgehead atoms. The van der Waals surface area contributed by atoms with Gasteiger partial charge in [-0.25, -0.2) is 9.78 Å². The van der Waals surface area contributed by atoms with E-state index in [4.69, 9.17) is 16.7 Å². The van der Waals surface area contributed by atoms with Gasteiger partial charge in [0.1, 0.15) is 0 Å². The quantitative estimate of drug-likeness (QED) is 0.850. The number of benzene rings is 1. The minimum atomic E-state index is -0.986. The fourth-order valence-corrected chi connectivity index (χ4v) is 1.69. The van der Waals surface area contributed by atoms with E-state index in [1.807, 2.05) is 6.07 Å². The van der Waals surface area contributed by atoms with Gasteiger partial charge in [0.2, 0.25) is 0 Å². The van der Waals surface area contributed by atoms with E-state index in [2.05, 4.69) is 4.98 Å². The largest absolute Gasteiger partial charge is 0.478 e. The minimum absolute atomic E-state index is 0.538. The molecule has 0 unspecified atom stereocenters. The van der Waals surface area contributed by atoms with Gasteiger partial charge in [-0.2, -0.15) is 0 Å². The van der Waals surface area contributed by atoms with Crippen LogP contribution in [0.5, 0.6) is 0 Å². The van der Waals surface area contributed by atoms with Crippen LogP contribution >= 0.6 is 11.6 Å². The number of nitrogens with zero attached hydrogens (tertiary/aromatic N) is 2. The first-order valence-electron chi connectivity index (χ1n) is 4.86. The highest BCUT2D eigenvalue weighted by molar-refractivity contribution is 6.32. The Morgan fingerprint density at radius 2 is 2.29 bits per heavy atom. The van der Waals surface area contributed by atoms with E-state index in [1.165, 1.54) is 6.08 Å². The molecule has 0 saturated carbocycles. The second kappa shape index (κ2) is 4.84. The summed E-state index contributed by atoms with van der Waals surface area (Å²) in [5.74, 6) is -0.986. The SMILES string of the molecule is O=C(O)/C=C/c1ccc(-n2ccnc2)c(Cl)c1. The molecule has 5 heteroatoms. The monoisotopic (exact) mass is 248 g/mol. The Hall–Kier alpha value is -2.07. The number of carboxylic acids is 1. The fourth-order valence-electron chi connectivity index (χ4n) is 1.41. The number of hydrogen-bond acceptors (Lipinski definition) is 2. The molecule has 1 N–H and O–H groups in total. The molecule has 0 atom stereocenters. The molecule has 1 aromatic carbocycles. The number of halogens is 1. The maximum atomic E-state index is 10.4. The summed E-state index contributed by atoms with van der Waals surface area (Å²) in [5, 5.41) is 9.05. The Bertz CT molecular complexity index is 562. The highest BCUT2D eigenvalue weighted by Crippen LogP contribution is 2.22. The zero-order chi connectivity index (χ0) is 12.3. The third-order valence-electron chi connectivity index (χ3n) is 2.17. The molecular formula is C12H9ClN2O2. The van der Waals surface area contributed by atoms with E-state index in [1.54, 1.807) is 35.4 Å². The Morgan fingerprint density at radius 3 is 2.88 bits per heavy atom. The summed E-state index contributed by atoms with van der Waals surface area (Å²) in [6.07, 6.45) is 7.66. The first-order valence-corrected chi connectivity index (χ1v) is 5.23. The van der Waals surface area contributed by atoms with Crippen molar-refractivity contribution in [3.8, 4) is 5.69 Å². The van der Waals surface area contributed by atoms with Gasteiger partial charge in [0, 0.05) is 18.5 Å². The van der Waals surface area contributed by atoms with Crippen LogP contribution in [0.15, 0.2) is 43.0 Å². The van der Waals surface area contributed by atoms with Crippen molar-refractivity contribution in [2.45, 2.75) is 0 Å². The van der Waals surface area contributed by atoms with Crippen molar-refractivity contribution in [1.82, 2.24) is 9.55 Å². The summed E-state index contributed by atoms with van der Waals surface area (Å²) in [6.45, 7) is 0. The van der Waals surface area contributed by atoms with Gasteiger partial charge >= 0.3 is 5.97 Å². The van der Waals surface area contributed by atoms with Gasteiger partial charge in [-0.1, -0.05) is 17.7 Å². The molecule has 4 nitrogen and oxygen atoms in total. The standard InChI is InChI=1S/C12H9ClN2O2/c13-10-7-9(2-4-12(16)17)1-3-11(10)15-6-5-14-8-15/h1-8H,(H,16,17)/b4-2+.